The fourth-order valence-electron chi connectivity index (χ4n) is 3.07. The highest BCUT2D eigenvalue weighted by molar-refractivity contribution is 5.73. The molecule has 0 saturated carbocycles. The van der Waals surface area contributed by atoms with Gasteiger partial charge in [-0.1, -0.05) is 83.5 Å². The lowest BCUT2D eigenvalue weighted by Gasteiger charge is -2.18. The van der Waals surface area contributed by atoms with Gasteiger partial charge in [-0.15, -0.1) is 0 Å². The Morgan fingerprint density at radius 3 is 1.24 bits per heavy atom. The minimum absolute atomic E-state index is 0.317. The first-order valence-corrected chi connectivity index (χ1v) is 10.3. The standard InChI is InChI=1S/C21H40O4/c1-21(2,20(24)25)18-16-14-12-10-8-6-4-3-5-7-9-11-13-15-17-19(22)23/h3-18H2,1-2H3,(H,22,23)(H,24,25). The number of hydrogen-bond acceptors (Lipinski definition) is 2. The number of unbranched alkanes of at least 4 members (excludes halogenated alkanes) is 13. The van der Waals surface area contributed by atoms with Crippen LogP contribution in [0.2, 0.25) is 0 Å². The molecule has 4 nitrogen and oxygen atoms in total. The maximum atomic E-state index is 11.0. The number of rotatable bonds is 18. The molecule has 0 saturated heterocycles. The Bertz CT molecular complexity index is 350. The molecular formula is C21H40O4. The SMILES string of the molecule is CC(C)(CCCCCCCCCCCCCCCCC(=O)O)C(=O)O. The van der Waals surface area contributed by atoms with E-state index in [0.717, 1.165) is 32.1 Å². The Morgan fingerprint density at radius 2 is 0.920 bits per heavy atom. The lowest BCUT2D eigenvalue weighted by molar-refractivity contribution is -0.147. The summed E-state index contributed by atoms with van der Waals surface area (Å²) in [4.78, 5) is 21.4. The molecule has 4 heteroatoms. The van der Waals surface area contributed by atoms with Gasteiger partial charge in [0.1, 0.15) is 0 Å². The number of carbonyl (C=O) groups is 2. The zero-order valence-corrected chi connectivity index (χ0v) is 16.5. The third-order valence-corrected chi connectivity index (χ3v) is 5.02. The highest BCUT2D eigenvalue weighted by atomic mass is 16.4. The first-order chi connectivity index (χ1) is 11.9. The second kappa shape index (κ2) is 15.2. The lowest BCUT2D eigenvalue weighted by atomic mass is 9.87. The van der Waals surface area contributed by atoms with Crippen molar-refractivity contribution in [3.05, 3.63) is 0 Å². The van der Waals surface area contributed by atoms with Gasteiger partial charge in [0, 0.05) is 6.42 Å². The Labute approximate surface area is 154 Å². The topological polar surface area (TPSA) is 74.6 Å². The summed E-state index contributed by atoms with van der Waals surface area (Å²) in [6, 6.07) is 0. The second-order valence-electron chi connectivity index (χ2n) is 8.03. The van der Waals surface area contributed by atoms with Gasteiger partial charge in [-0.25, -0.2) is 0 Å². The summed E-state index contributed by atoms with van der Waals surface area (Å²) in [5.41, 5.74) is -0.573. The average Bonchev–Trinajstić information content (AvgIpc) is 2.54. The molecule has 0 aromatic heterocycles. The van der Waals surface area contributed by atoms with Crippen LogP contribution in [0.25, 0.3) is 0 Å². The fourth-order valence-corrected chi connectivity index (χ4v) is 3.07. The third kappa shape index (κ3) is 16.2. The predicted molar refractivity (Wildman–Crippen MR) is 103 cm³/mol. The van der Waals surface area contributed by atoms with Crippen LogP contribution >= 0.6 is 0 Å². The van der Waals surface area contributed by atoms with Crippen molar-refractivity contribution in [1.29, 1.82) is 0 Å². The molecule has 0 rings (SSSR count). The normalized spacial score (nSPS) is 11.6. The largest absolute Gasteiger partial charge is 0.481 e. The van der Waals surface area contributed by atoms with E-state index in [9.17, 15) is 9.59 Å². The molecule has 0 aliphatic heterocycles. The molecule has 0 aromatic carbocycles. The van der Waals surface area contributed by atoms with Crippen LogP contribution < -0.4 is 0 Å². The summed E-state index contributed by atoms with van der Waals surface area (Å²) >= 11 is 0. The summed E-state index contributed by atoms with van der Waals surface area (Å²) in [7, 11) is 0. The number of aliphatic carboxylic acids is 2. The van der Waals surface area contributed by atoms with Gasteiger partial charge in [-0.3, -0.25) is 9.59 Å². The van der Waals surface area contributed by atoms with Crippen molar-refractivity contribution < 1.29 is 19.8 Å². The number of carboxylic acid groups (broad SMARTS) is 2. The zero-order chi connectivity index (χ0) is 19.0. The molecule has 25 heavy (non-hydrogen) atoms. The van der Waals surface area contributed by atoms with E-state index in [1.165, 1.54) is 64.2 Å². The molecule has 148 valence electrons. The van der Waals surface area contributed by atoms with Crippen LogP contribution in [0.1, 0.15) is 117 Å². The number of carboxylic acids is 2. The van der Waals surface area contributed by atoms with Gasteiger partial charge in [-0.2, -0.15) is 0 Å². The van der Waals surface area contributed by atoms with Crippen molar-refractivity contribution in [1.82, 2.24) is 0 Å². The molecular weight excluding hydrogens is 316 g/mol. The minimum atomic E-state index is -0.687. The first kappa shape index (κ1) is 23.9. The quantitative estimate of drug-likeness (QED) is 0.278. The van der Waals surface area contributed by atoms with E-state index < -0.39 is 17.4 Å². The van der Waals surface area contributed by atoms with E-state index in [2.05, 4.69) is 0 Å². The van der Waals surface area contributed by atoms with Gasteiger partial charge >= 0.3 is 11.9 Å². The Morgan fingerprint density at radius 1 is 0.600 bits per heavy atom. The van der Waals surface area contributed by atoms with Crippen LogP contribution in [-0.4, -0.2) is 22.2 Å². The Balaban J connectivity index is 3.17. The van der Waals surface area contributed by atoms with Crippen LogP contribution in [0.3, 0.4) is 0 Å². The third-order valence-electron chi connectivity index (χ3n) is 5.02. The highest BCUT2D eigenvalue weighted by Gasteiger charge is 2.25. The molecule has 0 spiro atoms. The van der Waals surface area contributed by atoms with Crippen LogP contribution in [-0.2, 0) is 9.59 Å². The van der Waals surface area contributed by atoms with E-state index in [1.54, 1.807) is 0 Å². The molecule has 0 aliphatic rings. The van der Waals surface area contributed by atoms with Crippen molar-refractivity contribution in [3.63, 3.8) is 0 Å². The molecule has 0 fully saturated rings. The van der Waals surface area contributed by atoms with Gasteiger partial charge in [-0.05, 0) is 26.7 Å². The molecule has 2 N–H and O–H groups in total. The summed E-state index contributed by atoms with van der Waals surface area (Å²) in [5.74, 6) is -1.36. The molecule has 0 aromatic rings. The smallest absolute Gasteiger partial charge is 0.309 e. The summed E-state index contributed by atoms with van der Waals surface area (Å²) in [6.45, 7) is 3.62. The van der Waals surface area contributed by atoms with Crippen molar-refractivity contribution in [3.8, 4) is 0 Å². The maximum absolute atomic E-state index is 11.0. The van der Waals surface area contributed by atoms with Gasteiger partial charge < -0.3 is 10.2 Å². The van der Waals surface area contributed by atoms with Crippen LogP contribution in [0.4, 0.5) is 0 Å². The summed E-state index contributed by atoms with van der Waals surface area (Å²) in [6.07, 6.45) is 17.9. The number of hydrogen-bond donors (Lipinski definition) is 2. The van der Waals surface area contributed by atoms with Crippen molar-refractivity contribution in [2.24, 2.45) is 5.41 Å². The van der Waals surface area contributed by atoms with Gasteiger partial charge in [0.05, 0.1) is 5.41 Å². The van der Waals surface area contributed by atoms with E-state index >= 15 is 0 Å². The summed E-state index contributed by atoms with van der Waals surface area (Å²) in [5, 5.41) is 17.6. The fraction of sp³-hybridized carbons (Fsp3) is 0.905. The van der Waals surface area contributed by atoms with E-state index in [4.69, 9.17) is 10.2 Å². The van der Waals surface area contributed by atoms with Crippen molar-refractivity contribution in [2.75, 3.05) is 0 Å². The second-order valence-corrected chi connectivity index (χ2v) is 8.03. The van der Waals surface area contributed by atoms with Gasteiger partial charge in [0.25, 0.3) is 0 Å². The molecule has 0 amide bonds. The zero-order valence-electron chi connectivity index (χ0n) is 16.5. The van der Waals surface area contributed by atoms with Crippen molar-refractivity contribution in [2.45, 2.75) is 117 Å². The molecule has 0 heterocycles. The lowest BCUT2D eigenvalue weighted by Crippen LogP contribution is -2.23. The van der Waals surface area contributed by atoms with Gasteiger partial charge in [0.2, 0.25) is 0 Å². The molecule has 0 unspecified atom stereocenters. The molecule has 0 bridgehead atoms. The van der Waals surface area contributed by atoms with Crippen LogP contribution in [0, 0.1) is 5.41 Å². The maximum Gasteiger partial charge on any atom is 0.309 e. The Kier molecular flexibility index (Phi) is 14.6. The molecule has 0 atom stereocenters. The van der Waals surface area contributed by atoms with E-state index in [1.807, 2.05) is 13.8 Å². The van der Waals surface area contributed by atoms with Crippen LogP contribution in [0.15, 0.2) is 0 Å². The highest BCUT2D eigenvalue weighted by Crippen LogP contribution is 2.24. The van der Waals surface area contributed by atoms with Crippen LogP contribution in [0.5, 0.6) is 0 Å². The van der Waals surface area contributed by atoms with E-state index in [-0.39, 0.29) is 0 Å². The minimum Gasteiger partial charge on any atom is -0.481 e. The molecule has 0 radical (unpaired) electrons. The van der Waals surface area contributed by atoms with Gasteiger partial charge in [0.15, 0.2) is 0 Å². The average molecular weight is 357 g/mol. The monoisotopic (exact) mass is 356 g/mol. The van der Waals surface area contributed by atoms with E-state index in [0.29, 0.717) is 6.42 Å². The molecule has 0 aliphatic carbocycles. The van der Waals surface area contributed by atoms with Crippen molar-refractivity contribution >= 4 is 11.9 Å². The summed E-state index contributed by atoms with van der Waals surface area (Å²) < 4.78 is 0. The predicted octanol–water partition coefficient (Wildman–Crippen LogP) is 6.42. The Hall–Kier alpha value is -1.06. The first-order valence-electron chi connectivity index (χ1n) is 10.3.